The van der Waals surface area contributed by atoms with Gasteiger partial charge in [-0.1, -0.05) is 16.9 Å². The van der Waals surface area contributed by atoms with Gasteiger partial charge >= 0.3 is 5.97 Å². The Hall–Kier alpha value is -2.35. The molecule has 0 spiro atoms. The van der Waals surface area contributed by atoms with Crippen molar-refractivity contribution in [3.8, 4) is 0 Å². The van der Waals surface area contributed by atoms with Gasteiger partial charge in [0.05, 0.1) is 11.3 Å². The van der Waals surface area contributed by atoms with Crippen LogP contribution in [0.2, 0.25) is 0 Å². The largest absolute Gasteiger partial charge is 0.452 e. The molecule has 2 rings (SSSR count). The fourth-order valence-electron chi connectivity index (χ4n) is 1.86. The number of ether oxygens (including phenoxy) is 1. The molecule has 128 valence electrons. The van der Waals surface area contributed by atoms with Crippen molar-refractivity contribution in [2.45, 2.75) is 37.6 Å². The van der Waals surface area contributed by atoms with Crippen LogP contribution in [-0.2, 0) is 15.3 Å². The number of carbonyl (C=O) groups excluding carboxylic acids is 2. The van der Waals surface area contributed by atoms with E-state index in [1.54, 1.807) is 18.3 Å². The molecule has 1 N–H and O–H groups in total. The van der Waals surface area contributed by atoms with Gasteiger partial charge in [0.1, 0.15) is 10.8 Å². The number of thioether (sulfide) groups is 1. The van der Waals surface area contributed by atoms with Gasteiger partial charge in [0, 0.05) is 24.1 Å². The minimum atomic E-state index is -0.583. The van der Waals surface area contributed by atoms with E-state index in [-0.39, 0.29) is 18.6 Å². The molecule has 2 heterocycles. The Balaban J connectivity index is 1.97. The van der Waals surface area contributed by atoms with Crippen molar-refractivity contribution in [2.75, 3.05) is 6.61 Å². The number of aryl methyl sites for hydroxylation is 1. The Morgan fingerprint density at radius 3 is 2.88 bits per heavy atom. The summed E-state index contributed by atoms with van der Waals surface area (Å²) in [5.41, 5.74) is 1.08. The summed E-state index contributed by atoms with van der Waals surface area (Å²) < 4.78 is 10.1. The number of nitrogens with one attached hydrogen (secondary N) is 1. The van der Waals surface area contributed by atoms with Crippen LogP contribution < -0.4 is 5.32 Å². The Bertz CT molecular complexity index is 715. The average molecular weight is 349 g/mol. The highest BCUT2D eigenvalue weighted by Crippen LogP contribution is 2.24. The first-order valence-corrected chi connectivity index (χ1v) is 8.40. The maximum Gasteiger partial charge on any atom is 0.341 e. The zero-order chi connectivity index (χ0) is 17.5. The first kappa shape index (κ1) is 18.0. The fraction of sp³-hybridized carbons (Fsp3) is 0.375. The minimum absolute atomic E-state index is 0.00775. The first-order chi connectivity index (χ1) is 11.5. The molecular weight excluding hydrogens is 330 g/mol. The van der Waals surface area contributed by atoms with E-state index in [0.717, 1.165) is 11.5 Å². The highest BCUT2D eigenvalue weighted by atomic mass is 32.2. The molecule has 1 amide bonds. The third kappa shape index (κ3) is 5.38. The van der Waals surface area contributed by atoms with Gasteiger partial charge in [-0.3, -0.25) is 4.79 Å². The Morgan fingerprint density at radius 2 is 2.21 bits per heavy atom. The highest BCUT2D eigenvalue weighted by Gasteiger charge is 2.16. The van der Waals surface area contributed by atoms with E-state index in [2.05, 4.69) is 15.5 Å². The van der Waals surface area contributed by atoms with Crippen molar-refractivity contribution < 1.29 is 18.8 Å². The summed E-state index contributed by atoms with van der Waals surface area (Å²) in [7, 11) is 0. The third-order valence-electron chi connectivity index (χ3n) is 2.81. The molecule has 7 nitrogen and oxygen atoms in total. The van der Waals surface area contributed by atoms with Gasteiger partial charge in [0.15, 0.2) is 6.61 Å². The van der Waals surface area contributed by atoms with E-state index in [4.69, 9.17) is 9.26 Å². The normalized spacial score (nSPS) is 10.7. The maximum absolute atomic E-state index is 12.2. The van der Waals surface area contributed by atoms with E-state index in [1.165, 1.54) is 11.8 Å². The molecule has 0 aliphatic carbocycles. The van der Waals surface area contributed by atoms with E-state index in [0.29, 0.717) is 16.3 Å². The van der Waals surface area contributed by atoms with Crippen LogP contribution in [0.1, 0.15) is 35.7 Å². The van der Waals surface area contributed by atoms with Gasteiger partial charge in [-0.15, -0.1) is 0 Å². The number of aromatic nitrogens is 2. The summed E-state index contributed by atoms with van der Waals surface area (Å²) in [5.74, 6) is 0.320. The van der Waals surface area contributed by atoms with Crippen LogP contribution in [0.15, 0.2) is 33.9 Å². The monoisotopic (exact) mass is 349 g/mol. The van der Waals surface area contributed by atoms with Crippen LogP contribution in [0.25, 0.3) is 0 Å². The number of amides is 1. The Kier molecular flexibility index (Phi) is 6.36. The maximum atomic E-state index is 12.2. The Labute approximate surface area is 144 Å². The topological polar surface area (TPSA) is 94.3 Å². The predicted molar refractivity (Wildman–Crippen MR) is 88.6 cm³/mol. The lowest BCUT2D eigenvalue weighted by Gasteiger charge is -2.10. The van der Waals surface area contributed by atoms with Crippen molar-refractivity contribution >= 4 is 23.6 Å². The third-order valence-corrected chi connectivity index (χ3v) is 3.85. The predicted octanol–water partition coefficient (Wildman–Crippen LogP) is 2.35. The van der Waals surface area contributed by atoms with Crippen molar-refractivity contribution in [3.05, 3.63) is 41.4 Å². The fourth-order valence-corrected chi connectivity index (χ4v) is 2.72. The van der Waals surface area contributed by atoms with Crippen LogP contribution in [-0.4, -0.2) is 34.7 Å². The van der Waals surface area contributed by atoms with Crippen molar-refractivity contribution in [2.24, 2.45) is 0 Å². The standard InChI is InChI=1S/C16H19N3O4S/c1-10(2)18-14(20)8-22-16(21)13-5-4-6-17-15(13)24-9-12-7-11(3)23-19-12/h4-7,10H,8-9H2,1-3H3,(H,18,20). The summed E-state index contributed by atoms with van der Waals surface area (Å²) in [5, 5.41) is 7.08. The number of hydrogen-bond donors (Lipinski definition) is 1. The lowest BCUT2D eigenvalue weighted by Crippen LogP contribution is -2.34. The summed E-state index contributed by atoms with van der Waals surface area (Å²) >= 11 is 1.35. The Morgan fingerprint density at radius 1 is 1.42 bits per heavy atom. The van der Waals surface area contributed by atoms with E-state index >= 15 is 0 Å². The zero-order valence-electron chi connectivity index (χ0n) is 13.7. The quantitative estimate of drug-likeness (QED) is 0.605. The molecule has 0 saturated heterocycles. The van der Waals surface area contributed by atoms with Crippen molar-refractivity contribution in [1.82, 2.24) is 15.5 Å². The summed E-state index contributed by atoms with van der Waals surface area (Å²) in [6.07, 6.45) is 1.60. The van der Waals surface area contributed by atoms with Crippen LogP contribution in [0.5, 0.6) is 0 Å². The highest BCUT2D eigenvalue weighted by molar-refractivity contribution is 7.98. The summed E-state index contributed by atoms with van der Waals surface area (Å²) in [4.78, 5) is 27.9. The molecular formula is C16H19N3O4S. The molecule has 2 aromatic heterocycles. The number of pyridine rings is 1. The van der Waals surface area contributed by atoms with Gasteiger partial charge in [-0.25, -0.2) is 9.78 Å². The first-order valence-electron chi connectivity index (χ1n) is 7.42. The number of nitrogens with zero attached hydrogens (tertiary/aromatic N) is 2. The van der Waals surface area contributed by atoms with E-state index in [1.807, 2.05) is 26.8 Å². The van der Waals surface area contributed by atoms with Gasteiger partial charge in [-0.05, 0) is 32.9 Å². The second kappa shape index (κ2) is 8.49. The molecule has 0 fully saturated rings. The molecule has 8 heteroatoms. The van der Waals surface area contributed by atoms with Crippen LogP contribution in [0, 0.1) is 6.92 Å². The SMILES string of the molecule is Cc1cc(CSc2ncccc2C(=O)OCC(=O)NC(C)C)no1. The molecule has 0 saturated carbocycles. The zero-order valence-corrected chi connectivity index (χ0v) is 14.6. The molecule has 0 atom stereocenters. The van der Waals surface area contributed by atoms with Crippen LogP contribution in [0.3, 0.4) is 0 Å². The summed E-state index contributed by atoms with van der Waals surface area (Å²) in [6, 6.07) is 5.08. The van der Waals surface area contributed by atoms with Crippen LogP contribution in [0.4, 0.5) is 0 Å². The number of esters is 1. The van der Waals surface area contributed by atoms with E-state index in [9.17, 15) is 9.59 Å². The van der Waals surface area contributed by atoms with Gasteiger partial charge in [0.2, 0.25) is 0 Å². The molecule has 0 aliphatic heterocycles. The molecule has 0 bridgehead atoms. The summed E-state index contributed by atoms with van der Waals surface area (Å²) in [6.45, 7) is 5.16. The number of carbonyl (C=O) groups is 2. The molecule has 0 radical (unpaired) electrons. The second-order valence-electron chi connectivity index (χ2n) is 5.37. The molecule has 2 aromatic rings. The molecule has 0 aliphatic rings. The van der Waals surface area contributed by atoms with Crippen molar-refractivity contribution in [3.63, 3.8) is 0 Å². The molecule has 0 unspecified atom stereocenters. The minimum Gasteiger partial charge on any atom is -0.452 e. The second-order valence-corrected chi connectivity index (χ2v) is 6.34. The van der Waals surface area contributed by atoms with Gasteiger partial charge in [0.25, 0.3) is 5.91 Å². The average Bonchev–Trinajstić information content (AvgIpc) is 2.96. The molecule has 0 aromatic carbocycles. The number of rotatable bonds is 7. The molecule has 24 heavy (non-hydrogen) atoms. The van der Waals surface area contributed by atoms with Gasteiger partial charge in [-0.2, -0.15) is 0 Å². The number of hydrogen-bond acceptors (Lipinski definition) is 7. The van der Waals surface area contributed by atoms with Crippen LogP contribution >= 0.6 is 11.8 Å². The van der Waals surface area contributed by atoms with Gasteiger partial charge < -0.3 is 14.6 Å². The smallest absolute Gasteiger partial charge is 0.341 e. The lowest BCUT2D eigenvalue weighted by atomic mass is 10.3. The lowest BCUT2D eigenvalue weighted by molar-refractivity contribution is -0.124. The van der Waals surface area contributed by atoms with E-state index < -0.39 is 5.97 Å². The van der Waals surface area contributed by atoms with Crippen molar-refractivity contribution in [1.29, 1.82) is 0 Å².